The molecule has 0 saturated carbocycles. The van der Waals surface area contributed by atoms with Gasteiger partial charge in [-0.2, -0.15) is 0 Å². The summed E-state index contributed by atoms with van der Waals surface area (Å²) in [6.07, 6.45) is 6.03. The van der Waals surface area contributed by atoms with Crippen molar-refractivity contribution in [2.45, 2.75) is 95.9 Å². The fourth-order valence-electron chi connectivity index (χ4n) is 3.19. The number of aliphatic carboxylic acids is 1. The molecule has 3 unspecified atom stereocenters. The zero-order valence-electron chi connectivity index (χ0n) is 18.2. The number of carboxylic acid groups (broad SMARTS) is 1. The maximum absolute atomic E-state index is 12.0. The summed E-state index contributed by atoms with van der Waals surface area (Å²) >= 11 is 0. The Morgan fingerprint density at radius 3 is 1.89 bits per heavy atom. The Bertz CT molecular complexity index is 435. The molecule has 0 fully saturated rings. The Morgan fingerprint density at radius 2 is 1.39 bits per heavy atom. The topological polar surface area (TPSA) is 104 Å². The SMILES string of the molecule is CCCCCC(O)CCCCCC(O)CC(=O)OC(CC(=O)O)C[N+](C)(C)C. The molecular formula is C21H42NO6+. The number of carboxylic acids is 1. The molecule has 0 heterocycles. The van der Waals surface area contributed by atoms with Gasteiger partial charge in [-0.15, -0.1) is 0 Å². The normalized spacial score (nSPS) is 15.1. The first-order valence-corrected chi connectivity index (χ1v) is 10.6. The van der Waals surface area contributed by atoms with Crippen LogP contribution in [0.4, 0.5) is 0 Å². The van der Waals surface area contributed by atoms with Crippen LogP contribution in [0.2, 0.25) is 0 Å². The maximum Gasteiger partial charge on any atom is 0.308 e. The molecule has 0 aliphatic rings. The number of aliphatic hydroxyl groups excluding tert-OH is 2. The summed E-state index contributed by atoms with van der Waals surface area (Å²) in [6, 6.07) is 0. The summed E-state index contributed by atoms with van der Waals surface area (Å²) < 4.78 is 5.77. The van der Waals surface area contributed by atoms with Gasteiger partial charge in [0.2, 0.25) is 0 Å². The quantitative estimate of drug-likeness (QED) is 0.196. The summed E-state index contributed by atoms with van der Waals surface area (Å²) in [5.74, 6) is -1.57. The third-order valence-corrected chi connectivity index (χ3v) is 4.57. The molecule has 0 aliphatic carbocycles. The number of nitrogens with zero attached hydrogens (tertiary/aromatic N) is 1. The lowest BCUT2D eigenvalue weighted by Crippen LogP contribution is -2.44. The zero-order valence-corrected chi connectivity index (χ0v) is 18.2. The minimum atomic E-state index is -1.01. The molecule has 28 heavy (non-hydrogen) atoms. The fourth-order valence-corrected chi connectivity index (χ4v) is 3.19. The first-order valence-electron chi connectivity index (χ1n) is 10.6. The van der Waals surface area contributed by atoms with Crippen molar-refractivity contribution in [3.8, 4) is 0 Å². The highest BCUT2D eigenvalue weighted by molar-refractivity contribution is 5.71. The van der Waals surface area contributed by atoms with Crippen molar-refractivity contribution >= 4 is 11.9 Å². The van der Waals surface area contributed by atoms with Crippen LogP contribution in [-0.2, 0) is 14.3 Å². The number of hydrogen-bond acceptors (Lipinski definition) is 5. The van der Waals surface area contributed by atoms with Gasteiger partial charge in [-0.1, -0.05) is 45.4 Å². The van der Waals surface area contributed by atoms with E-state index in [1.807, 2.05) is 21.1 Å². The van der Waals surface area contributed by atoms with Gasteiger partial charge in [-0.25, -0.2) is 0 Å². The van der Waals surface area contributed by atoms with Crippen molar-refractivity contribution in [3.63, 3.8) is 0 Å². The molecule has 0 radical (unpaired) electrons. The van der Waals surface area contributed by atoms with Crippen LogP contribution in [0.3, 0.4) is 0 Å². The molecule has 0 aromatic carbocycles. The number of carbonyl (C=O) groups excluding carboxylic acids is 1. The van der Waals surface area contributed by atoms with Gasteiger partial charge in [-0.3, -0.25) is 9.59 Å². The minimum Gasteiger partial charge on any atom is -0.481 e. The van der Waals surface area contributed by atoms with Crippen LogP contribution in [-0.4, -0.2) is 77.7 Å². The first kappa shape index (κ1) is 26.8. The second-order valence-corrected chi connectivity index (χ2v) is 8.83. The number of carbonyl (C=O) groups is 2. The average molecular weight is 405 g/mol. The highest BCUT2D eigenvalue weighted by Gasteiger charge is 2.25. The van der Waals surface area contributed by atoms with Crippen molar-refractivity contribution in [1.29, 1.82) is 0 Å². The van der Waals surface area contributed by atoms with Gasteiger partial charge >= 0.3 is 11.9 Å². The number of unbranched alkanes of at least 4 members (excludes halogenated alkanes) is 4. The van der Waals surface area contributed by atoms with E-state index in [4.69, 9.17) is 9.84 Å². The molecule has 0 rings (SSSR count). The van der Waals surface area contributed by atoms with Crippen LogP contribution >= 0.6 is 0 Å². The molecule has 166 valence electrons. The first-order chi connectivity index (χ1) is 13.0. The van der Waals surface area contributed by atoms with Gasteiger partial charge in [0.05, 0.1) is 46.2 Å². The predicted molar refractivity (Wildman–Crippen MR) is 109 cm³/mol. The molecule has 0 amide bonds. The Morgan fingerprint density at radius 1 is 0.857 bits per heavy atom. The minimum absolute atomic E-state index is 0.118. The second-order valence-electron chi connectivity index (χ2n) is 8.83. The predicted octanol–water partition coefficient (Wildman–Crippen LogP) is 2.72. The number of aliphatic hydroxyl groups is 2. The fraction of sp³-hybridized carbons (Fsp3) is 0.905. The average Bonchev–Trinajstić information content (AvgIpc) is 2.52. The lowest BCUT2D eigenvalue weighted by atomic mass is 10.0. The Balaban J connectivity index is 4.01. The lowest BCUT2D eigenvalue weighted by Gasteiger charge is -2.28. The van der Waals surface area contributed by atoms with Crippen LogP contribution < -0.4 is 0 Å². The summed E-state index contributed by atoms with van der Waals surface area (Å²) in [6.45, 7) is 2.54. The zero-order chi connectivity index (χ0) is 21.6. The Kier molecular flexibility index (Phi) is 14.1. The molecule has 0 spiro atoms. The third kappa shape index (κ3) is 17.0. The van der Waals surface area contributed by atoms with Crippen molar-refractivity contribution in [3.05, 3.63) is 0 Å². The van der Waals surface area contributed by atoms with Crippen molar-refractivity contribution in [1.82, 2.24) is 0 Å². The van der Waals surface area contributed by atoms with Gasteiger partial charge < -0.3 is 24.5 Å². The molecule has 0 saturated heterocycles. The smallest absolute Gasteiger partial charge is 0.308 e. The van der Waals surface area contributed by atoms with Crippen molar-refractivity contribution in [2.75, 3.05) is 27.7 Å². The number of rotatable bonds is 17. The van der Waals surface area contributed by atoms with E-state index in [1.54, 1.807) is 0 Å². The van der Waals surface area contributed by atoms with Gasteiger partial charge in [0.1, 0.15) is 6.54 Å². The van der Waals surface area contributed by atoms with Crippen LogP contribution in [0.1, 0.15) is 77.6 Å². The van der Waals surface area contributed by atoms with E-state index in [9.17, 15) is 19.8 Å². The summed E-state index contributed by atoms with van der Waals surface area (Å²) in [4.78, 5) is 23.0. The van der Waals surface area contributed by atoms with E-state index in [-0.39, 0.29) is 18.9 Å². The number of quaternary nitrogens is 1. The molecule has 0 aromatic heterocycles. The van der Waals surface area contributed by atoms with Crippen molar-refractivity contribution < 1.29 is 34.1 Å². The molecule has 3 N–H and O–H groups in total. The third-order valence-electron chi connectivity index (χ3n) is 4.57. The van der Waals surface area contributed by atoms with Crippen molar-refractivity contribution in [2.24, 2.45) is 0 Å². The number of likely N-dealkylation sites (N-methyl/N-ethyl adjacent to an activating group) is 1. The summed E-state index contributed by atoms with van der Waals surface area (Å²) in [5, 5.41) is 28.9. The van der Waals surface area contributed by atoms with E-state index in [2.05, 4.69) is 6.92 Å². The molecular weight excluding hydrogens is 362 g/mol. The molecule has 0 aliphatic heterocycles. The van der Waals surface area contributed by atoms with E-state index in [1.165, 1.54) is 0 Å². The van der Waals surface area contributed by atoms with Gasteiger partial charge in [0.15, 0.2) is 6.10 Å². The Labute approximate surface area is 170 Å². The highest BCUT2D eigenvalue weighted by atomic mass is 16.5. The molecule has 7 heteroatoms. The van der Waals surface area contributed by atoms with Gasteiger partial charge in [0.25, 0.3) is 0 Å². The summed E-state index contributed by atoms with van der Waals surface area (Å²) in [7, 11) is 5.70. The lowest BCUT2D eigenvalue weighted by molar-refractivity contribution is -0.873. The molecule has 7 nitrogen and oxygen atoms in total. The van der Waals surface area contributed by atoms with E-state index < -0.39 is 24.1 Å². The van der Waals surface area contributed by atoms with Crippen LogP contribution in [0.25, 0.3) is 0 Å². The highest BCUT2D eigenvalue weighted by Crippen LogP contribution is 2.14. The molecule has 0 bridgehead atoms. The number of esters is 1. The summed E-state index contributed by atoms with van der Waals surface area (Å²) in [5.41, 5.74) is 0. The van der Waals surface area contributed by atoms with Crippen LogP contribution in [0.15, 0.2) is 0 Å². The molecule has 3 atom stereocenters. The molecule has 0 aromatic rings. The maximum atomic E-state index is 12.0. The van der Waals surface area contributed by atoms with Gasteiger partial charge in [0, 0.05) is 0 Å². The van der Waals surface area contributed by atoms with E-state index in [0.717, 1.165) is 51.4 Å². The number of hydrogen-bond donors (Lipinski definition) is 3. The largest absolute Gasteiger partial charge is 0.481 e. The van der Waals surface area contributed by atoms with E-state index >= 15 is 0 Å². The van der Waals surface area contributed by atoms with E-state index in [0.29, 0.717) is 17.4 Å². The monoisotopic (exact) mass is 404 g/mol. The standard InChI is InChI=1S/C21H41NO6/c1-5-6-8-11-17(23)12-9-7-10-13-18(24)14-21(27)28-19(15-20(25)26)16-22(2,3)4/h17-19,23-24H,5-16H2,1-4H3/p+1. The second kappa shape index (κ2) is 14.8. The van der Waals surface area contributed by atoms with Crippen LogP contribution in [0.5, 0.6) is 0 Å². The van der Waals surface area contributed by atoms with Crippen LogP contribution in [0, 0.1) is 0 Å². The Hall–Kier alpha value is -1.18. The van der Waals surface area contributed by atoms with Gasteiger partial charge in [-0.05, 0) is 19.3 Å². The number of ether oxygens (including phenoxy) is 1.